The predicted octanol–water partition coefficient (Wildman–Crippen LogP) is 3.04. The van der Waals surface area contributed by atoms with Gasteiger partial charge in [0.2, 0.25) is 0 Å². The molecule has 1 amide bonds. The highest BCUT2D eigenvalue weighted by Gasteiger charge is 2.38. The maximum Gasteiger partial charge on any atom is 0.254 e. The van der Waals surface area contributed by atoms with Gasteiger partial charge in [0.25, 0.3) is 5.91 Å². The van der Waals surface area contributed by atoms with Gasteiger partial charge in [0, 0.05) is 34.6 Å². The second-order valence-electron chi connectivity index (χ2n) is 6.57. The zero-order valence-electron chi connectivity index (χ0n) is 14.6. The van der Waals surface area contributed by atoms with E-state index >= 15 is 0 Å². The van der Waals surface area contributed by atoms with Crippen LogP contribution in [0.2, 0.25) is 5.02 Å². The molecule has 5 nitrogen and oxygen atoms in total. The number of nitrogens with zero attached hydrogens (tertiary/aromatic N) is 1. The van der Waals surface area contributed by atoms with Crippen LogP contribution < -0.4 is 5.32 Å². The van der Waals surface area contributed by atoms with Gasteiger partial charge in [0.15, 0.2) is 5.78 Å². The Labute approximate surface area is 171 Å². The summed E-state index contributed by atoms with van der Waals surface area (Å²) in [5.74, 6) is -0.354. The summed E-state index contributed by atoms with van der Waals surface area (Å²) in [6, 6.07) is 13.8. The fraction of sp³-hybridized carbons (Fsp3) is 0.300. The van der Waals surface area contributed by atoms with Crippen LogP contribution in [0.1, 0.15) is 22.3 Å². The monoisotopic (exact) mass is 450 g/mol. The van der Waals surface area contributed by atoms with Gasteiger partial charge < -0.3 is 15.3 Å². The molecule has 1 aliphatic heterocycles. The number of rotatable bonds is 6. The van der Waals surface area contributed by atoms with Crippen molar-refractivity contribution in [3.63, 3.8) is 0 Å². The molecule has 2 aromatic carbocycles. The van der Waals surface area contributed by atoms with Crippen LogP contribution >= 0.6 is 27.5 Å². The van der Waals surface area contributed by atoms with E-state index in [2.05, 4.69) is 21.2 Å². The van der Waals surface area contributed by atoms with E-state index in [0.29, 0.717) is 17.1 Å². The SMILES string of the molecule is O=C(CNCc1ccc(Cl)cc1)[C@@H]1C[C@@H](O)CN1C(=O)c1cccc(Br)c1. The number of amides is 1. The minimum atomic E-state index is -0.689. The Balaban J connectivity index is 1.61. The molecule has 2 atom stereocenters. The standard InChI is InChI=1S/C20H20BrClN2O3/c21-15-3-1-2-14(8-15)20(27)24-12-17(25)9-18(24)19(26)11-23-10-13-4-6-16(22)7-5-13/h1-8,17-18,23,25H,9-12H2/t17-,18+/m1/s1. The number of hydrogen-bond donors (Lipinski definition) is 2. The molecule has 142 valence electrons. The van der Waals surface area contributed by atoms with Crippen molar-refractivity contribution < 1.29 is 14.7 Å². The molecular weight excluding hydrogens is 432 g/mol. The van der Waals surface area contributed by atoms with Crippen molar-refractivity contribution in [2.45, 2.75) is 25.1 Å². The topological polar surface area (TPSA) is 69.6 Å². The van der Waals surface area contributed by atoms with Gasteiger partial charge >= 0.3 is 0 Å². The molecule has 0 spiro atoms. The van der Waals surface area contributed by atoms with Crippen molar-refractivity contribution in [3.8, 4) is 0 Å². The summed E-state index contributed by atoms with van der Waals surface area (Å²) in [5.41, 5.74) is 1.51. The first-order chi connectivity index (χ1) is 12.9. The summed E-state index contributed by atoms with van der Waals surface area (Å²) < 4.78 is 0.792. The summed E-state index contributed by atoms with van der Waals surface area (Å²) in [6.07, 6.45) is -0.424. The number of aliphatic hydroxyl groups is 1. The Kier molecular flexibility index (Phi) is 6.65. The Morgan fingerprint density at radius 3 is 2.67 bits per heavy atom. The fourth-order valence-corrected chi connectivity index (χ4v) is 3.71. The van der Waals surface area contributed by atoms with E-state index < -0.39 is 12.1 Å². The molecule has 0 unspecified atom stereocenters. The number of halogens is 2. The lowest BCUT2D eigenvalue weighted by atomic mass is 10.1. The first kappa shape index (κ1) is 20.0. The Hall–Kier alpha value is -1.73. The summed E-state index contributed by atoms with van der Waals surface area (Å²) in [5, 5.41) is 13.8. The molecule has 1 heterocycles. The van der Waals surface area contributed by atoms with Gasteiger partial charge in [-0.25, -0.2) is 0 Å². The van der Waals surface area contributed by atoms with Crippen LogP contribution in [0.15, 0.2) is 53.0 Å². The summed E-state index contributed by atoms with van der Waals surface area (Å²) in [4.78, 5) is 26.9. The number of likely N-dealkylation sites (tertiary alicyclic amines) is 1. The number of β-amino-alcohol motifs (C(OH)–C–C–N with tert-alkyl or cyclic N) is 1. The number of benzene rings is 2. The fourth-order valence-electron chi connectivity index (χ4n) is 3.18. The van der Waals surface area contributed by atoms with Crippen LogP contribution in [0.5, 0.6) is 0 Å². The lowest BCUT2D eigenvalue weighted by molar-refractivity contribution is -0.122. The van der Waals surface area contributed by atoms with E-state index in [-0.39, 0.29) is 31.2 Å². The van der Waals surface area contributed by atoms with Crippen LogP contribution in [-0.2, 0) is 11.3 Å². The average molecular weight is 452 g/mol. The smallest absolute Gasteiger partial charge is 0.254 e. The van der Waals surface area contributed by atoms with Crippen molar-refractivity contribution in [3.05, 3.63) is 69.2 Å². The van der Waals surface area contributed by atoms with Crippen LogP contribution in [0.4, 0.5) is 0 Å². The molecule has 1 aliphatic rings. The van der Waals surface area contributed by atoms with E-state index in [0.717, 1.165) is 10.0 Å². The normalized spacial score (nSPS) is 19.3. The molecule has 0 radical (unpaired) electrons. The highest BCUT2D eigenvalue weighted by atomic mass is 79.9. The molecule has 0 saturated carbocycles. The Bertz CT molecular complexity index is 828. The third kappa shape index (κ3) is 5.17. The number of carbonyl (C=O) groups is 2. The minimum absolute atomic E-state index is 0.108. The van der Waals surface area contributed by atoms with Gasteiger partial charge in [0.05, 0.1) is 18.7 Å². The van der Waals surface area contributed by atoms with Crippen molar-refractivity contribution in [2.24, 2.45) is 0 Å². The molecular formula is C20H20BrClN2O3. The van der Waals surface area contributed by atoms with Crippen molar-refractivity contribution >= 4 is 39.2 Å². The molecule has 2 N–H and O–H groups in total. The number of aliphatic hydroxyl groups excluding tert-OH is 1. The zero-order chi connectivity index (χ0) is 19.4. The average Bonchev–Trinajstić information content (AvgIpc) is 3.04. The van der Waals surface area contributed by atoms with Crippen LogP contribution in [0, 0.1) is 0 Å². The summed E-state index contributed by atoms with van der Waals surface area (Å²) in [7, 11) is 0. The quantitative estimate of drug-likeness (QED) is 0.708. The van der Waals surface area contributed by atoms with Crippen LogP contribution in [0.3, 0.4) is 0 Å². The van der Waals surface area contributed by atoms with Gasteiger partial charge in [-0.2, -0.15) is 0 Å². The highest BCUT2D eigenvalue weighted by molar-refractivity contribution is 9.10. The minimum Gasteiger partial charge on any atom is -0.391 e. The molecule has 0 bridgehead atoms. The number of ketones is 1. The highest BCUT2D eigenvalue weighted by Crippen LogP contribution is 2.23. The maximum absolute atomic E-state index is 12.8. The Morgan fingerprint density at radius 1 is 1.22 bits per heavy atom. The second-order valence-corrected chi connectivity index (χ2v) is 7.92. The van der Waals surface area contributed by atoms with Gasteiger partial charge in [-0.1, -0.05) is 45.7 Å². The molecule has 3 rings (SSSR count). The summed E-state index contributed by atoms with van der Waals surface area (Å²) >= 11 is 9.21. The third-order valence-corrected chi connectivity index (χ3v) is 5.27. The first-order valence-electron chi connectivity index (χ1n) is 8.66. The summed E-state index contributed by atoms with van der Waals surface area (Å²) in [6.45, 7) is 0.818. The van der Waals surface area contributed by atoms with E-state index in [1.54, 1.807) is 30.3 Å². The molecule has 1 fully saturated rings. The van der Waals surface area contributed by atoms with E-state index in [1.165, 1.54) is 4.90 Å². The molecule has 2 aromatic rings. The lowest BCUT2D eigenvalue weighted by Crippen LogP contribution is -2.43. The van der Waals surface area contributed by atoms with E-state index in [1.807, 2.05) is 18.2 Å². The van der Waals surface area contributed by atoms with Crippen molar-refractivity contribution in [1.29, 1.82) is 0 Å². The zero-order valence-corrected chi connectivity index (χ0v) is 16.9. The van der Waals surface area contributed by atoms with Crippen LogP contribution in [-0.4, -0.2) is 46.9 Å². The van der Waals surface area contributed by atoms with E-state index in [9.17, 15) is 14.7 Å². The number of Topliss-reactive ketones (excluding diaryl/α,β-unsaturated/α-hetero) is 1. The van der Waals surface area contributed by atoms with E-state index in [4.69, 9.17) is 11.6 Å². The Morgan fingerprint density at radius 2 is 1.96 bits per heavy atom. The van der Waals surface area contributed by atoms with Crippen LogP contribution in [0.25, 0.3) is 0 Å². The lowest BCUT2D eigenvalue weighted by Gasteiger charge is -2.23. The van der Waals surface area contributed by atoms with Gasteiger partial charge in [-0.05, 0) is 35.9 Å². The van der Waals surface area contributed by atoms with Gasteiger partial charge in [-0.15, -0.1) is 0 Å². The largest absolute Gasteiger partial charge is 0.391 e. The third-order valence-electron chi connectivity index (χ3n) is 4.52. The van der Waals surface area contributed by atoms with Crippen molar-refractivity contribution in [1.82, 2.24) is 10.2 Å². The number of carbonyl (C=O) groups excluding carboxylic acids is 2. The molecule has 0 aromatic heterocycles. The molecule has 27 heavy (non-hydrogen) atoms. The van der Waals surface area contributed by atoms with Crippen molar-refractivity contribution in [2.75, 3.05) is 13.1 Å². The van der Waals surface area contributed by atoms with Gasteiger partial charge in [0.1, 0.15) is 0 Å². The molecule has 0 aliphatic carbocycles. The maximum atomic E-state index is 12.8. The molecule has 7 heteroatoms. The van der Waals surface area contributed by atoms with Gasteiger partial charge in [-0.3, -0.25) is 9.59 Å². The molecule has 1 saturated heterocycles. The second kappa shape index (κ2) is 8.97. The number of nitrogens with one attached hydrogen (secondary N) is 1. The predicted molar refractivity (Wildman–Crippen MR) is 108 cm³/mol. The number of hydrogen-bond acceptors (Lipinski definition) is 4. The first-order valence-corrected chi connectivity index (χ1v) is 9.83.